The lowest BCUT2D eigenvalue weighted by Gasteiger charge is -2.39. The number of hydrogen-bond donors (Lipinski definition) is 1. The van der Waals surface area contributed by atoms with E-state index in [1.165, 1.54) is 10.9 Å². The second kappa shape index (κ2) is 6.42. The van der Waals surface area contributed by atoms with Crippen LogP contribution in [0.25, 0.3) is 10.9 Å². The minimum absolute atomic E-state index is 0.0000847. The van der Waals surface area contributed by atoms with Crippen LogP contribution in [0.3, 0.4) is 0 Å². The number of H-pyrrole nitrogens is 1. The summed E-state index contributed by atoms with van der Waals surface area (Å²) in [6, 6.07) is 8.28. The van der Waals surface area contributed by atoms with Gasteiger partial charge in [-0.1, -0.05) is 32.0 Å². The van der Waals surface area contributed by atoms with Gasteiger partial charge in [0.25, 0.3) is 0 Å². The molecule has 6 heteroatoms. The summed E-state index contributed by atoms with van der Waals surface area (Å²) in [4.78, 5) is 16.1. The first kappa shape index (κ1) is 19.3. The van der Waals surface area contributed by atoms with Gasteiger partial charge in [0.05, 0.1) is 5.75 Å². The Balaban J connectivity index is 1.32. The van der Waals surface area contributed by atoms with Crippen molar-refractivity contribution in [1.82, 2.24) is 9.29 Å². The van der Waals surface area contributed by atoms with Crippen molar-refractivity contribution >= 4 is 26.7 Å². The summed E-state index contributed by atoms with van der Waals surface area (Å²) in [5, 5.41) is 1.24. The Morgan fingerprint density at radius 2 is 1.86 bits per heavy atom. The Bertz CT molecular complexity index is 1060. The van der Waals surface area contributed by atoms with Gasteiger partial charge in [0, 0.05) is 42.0 Å². The molecular formula is C23H30N2O3S. The lowest BCUT2D eigenvalue weighted by molar-refractivity contribution is -0.128. The number of carbonyl (C=O) groups is 1. The third kappa shape index (κ3) is 2.75. The Hall–Kier alpha value is -1.66. The second-order valence-corrected chi connectivity index (χ2v) is 11.9. The van der Waals surface area contributed by atoms with E-state index in [0.29, 0.717) is 31.3 Å². The number of carbonyl (C=O) groups excluding carboxylic acids is 1. The summed E-state index contributed by atoms with van der Waals surface area (Å²) in [6.45, 7) is 5.30. The van der Waals surface area contributed by atoms with Crippen LogP contribution in [-0.4, -0.2) is 42.3 Å². The zero-order valence-corrected chi connectivity index (χ0v) is 18.1. The zero-order valence-electron chi connectivity index (χ0n) is 17.3. The first-order valence-electron chi connectivity index (χ1n) is 10.8. The minimum atomic E-state index is -3.44. The number of nitrogens with zero attached hydrogens (tertiary/aromatic N) is 1. The zero-order chi connectivity index (χ0) is 20.4. The largest absolute Gasteiger partial charge is 0.361 e. The highest BCUT2D eigenvalue weighted by atomic mass is 32.2. The molecule has 2 aromatic rings. The van der Waals surface area contributed by atoms with E-state index in [0.717, 1.165) is 31.2 Å². The molecule has 1 aliphatic heterocycles. The Morgan fingerprint density at radius 3 is 2.52 bits per heavy atom. The fraction of sp³-hybridized carbons (Fsp3) is 0.609. The molecular weight excluding hydrogens is 384 g/mol. The number of aromatic amines is 1. The van der Waals surface area contributed by atoms with Crippen molar-refractivity contribution in [2.75, 3.05) is 18.8 Å². The molecule has 0 spiro atoms. The molecule has 2 unspecified atom stereocenters. The summed E-state index contributed by atoms with van der Waals surface area (Å²) < 4.78 is 28.3. The van der Waals surface area contributed by atoms with Crippen LogP contribution >= 0.6 is 0 Å². The van der Waals surface area contributed by atoms with E-state index in [2.05, 4.69) is 37.2 Å². The monoisotopic (exact) mass is 414 g/mol. The Labute approximate surface area is 172 Å². The number of fused-ring (bicyclic) bond motifs is 3. The summed E-state index contributed by atoms with van der Waals surface area (Å²) in [5.41, 5.74) is 1.54. The van der Waals surface area contributed by atoms with Crippen molar-refractivity contribution in [1.29, 1.82) is 0 Å². The molecule has 0 amide bonds. The van der Waals surface area contributed by atoms with Crippen molar-refractivity contribution in [2.45, 2.75) is 51.9 Å². The molecule has 29 heavy (non-hydrogen) atoms. The lowest BCUT2D eigenvalue weighted by atomic mass is 9.70. The number of sulfonamides is 1. The van der Waals surface area contributed by atoms with E-state index < -0.39 is 15.4 Å². The van der Waals surface area contributed by atoms with E-state index in [1.54, 1.807) is 4.31 Å². The van der Waals surface area contributed by atoms with Gasteiger partial charge in [-0.25, -0.2) is 12.7 Å². The van der Waals surface area contributed by atoms with Crippen LogP contribution in [0.2, 0.25) is 0 Å². The van der Waals surface area contributed by atoms with Gasteiger partial charge in [-0.2, -0.15) is 0 Å². The summed E-state index contributed by atoms with van der Waals surface area (Å²) in [5.74, 6) is 0.894. The predicted molar refractivity (Wildman–Crippen MR) is 114 cm³/mol. The summed E-state index contributed by atoms with van der Waals surface area (Å²) in [6.07, 6.45) is 6.01. The van der Waals surface area contributed by atoms with Crippen LogP contribution in [0.15, 0.2) is 30.5 Å². The highest BCUT2D eigenvalue weighted by molar-refractivity contribution is 7.89. The van der Waals surface area contributed by atoms with Crippen LogP contribution in [0, 0.1) is 16.7 Å². The number of aromatic nitrogens is 1. The van der Waals surface area contributed by atoms with Crippen LogP contribution in [0.1, 0.15) is 57.4 Å². The van der Waals surface area contributed by atoms with Crippen molar-refractivity contribution in [3.8, 4) is 0 Å². The molecule has 1 N–H and O–H groups in total. The van der Waals surface area contributed by atoms with Gasteiger partial charge >= 0.3 is 0 Å². The molecule has 2 atom stereocenters. The molecule has 2 aliphatic carbocycles. The molecule has 3 aliphatic rings. The summed E-state index contributed by atoms with van der Waals surface area (Å²) >= 11 is 0. The molecule has 3 fully saturated rings. The van der Waals surface area contributed by atoms with Crippen LogP contribution in [0.5, 0.6) is 0 Å². The maximum Gasteiger partial charge on any atom is 0.215 e. The molecule has 1 saturated heterocycles. The normalized spacial score (nSPS) is 30.4. The Kier molecular flexibility index (Phi) is 4.27. The van der Waals surface area contributed by atoms with Gasteiger partial charge in [-0.05, 0) is 54.6 Å². The van der Waals surface area contributed by atoms with E-state index in [9.17, 15) is 13.2 Å². The molecule has 5 rings (SSSR count). The maximum absolute atomic E-state index is 13.3. The highest BCUT2D eigenvalue weighted by Gasteiger charge is 2.65. The Morgan fingerprint density at radius 1 is 1.14 bits per heavy atom. The van der Waals surface area contributed by atoms with Crippen molar-refractivity contribution < 1.29 is 13.2 Å². The number of rotatable bonds is 4. The number of para-hydroxylation sites is 1. The van der Waals surface area contributed by atoms with Gasteiger partial charge in [-0.3, -0.25) is 4.79 Å². The van der Waals surface area contributed by atoms with Gasteiger partial charge in [0.1, 0.15) is 5.78 Å². The third-order valence-electron chi connectivity index (χ3n) is 8.48. The van der Waals surface area contributed by atoms with Crippen LogP contribution < -0.4 is 0 Å². The smallest absolute Gasteiger partial charge is 0.215 e. The maximum atomic E-state index is 13.3. The second-order valence-electron chi connectivity index (χ2n) is 9.89. The molecule has 1 aromatic carbocycles. The topological polar surface area (TPSA) is 70.2 Å². The van der Waals surface area contributed by atoms with Gasteiger partial charge in [0.2, 0.25) is 10.0 Å². The fourth-order valence-electron chi connectivity index (χ4n) is 6.39. The van der Waals surface area contributed by atoms with E-state index >= 15 is 0 Å². The average molecular weight is 415 g/mol. The molecule has 156 valence electrons. The quantitative estimate of drug-likeness (QED) is 0.820. The van der Waals surface area contributed by atoms with Gasteiger partial charge in [0.15, 0.2) is 0 Å². The molecule has 2 heterocycles. The predicted octanol–water partition coefficient (Wildman–Crippen LogP) is 4.07. The number of ketones is 1. The van der Waals surface area contributed by atoms with Crippen molar-refractivity contribution in [2.24, 2.45) is 16.7 Å². The molecule has 1 aromatic heterocycles. The highest BCUT2D eigenvalue weighted by Crippen LogP contribution is 2.64. The molecule has 5 nitrogen and oxygen atoms in total. The fourth-order valence-corrected chi connectivity index (χ4v) is 8.64. The van der Waals surface area contributed by atoms with Crippen LogP contribution in [0.4, 0.5) is 0 Å². The number of piperidine rings is 1. The van der Waals surface area contributed by atoms with Crippen LogP contribution in [-0.2, 0) is 14.8 Å². The number of nitrogens with one attached hydrogen (secondary N) is 1. The van der Waals surface area contributed by atoms with Gasteiger partial charge < -0.3 is 4.98 Å². The number of Topliss-reactive ketones (excluding diaryl/α,β-unsaturated/α-hetero) is 1. The average Bonchev–Trinajstić information content (AvgIpc) is 3.28. The molecule has 2 saturated carbocycles. The first-order valence-corrected chi connectivity index (χ1v) is 12.4. The first-order chi connectivity index (χ1) is 13.7. The van der Waals surface area contributed by atoms with Crippen molar-refractivity contribution in [3.63, 3.8) is 0 Å². The number of benzene rings is 1. The van der Waals surface area contributed by atoms with Crippen molar-refractivity contribution in [3.05, 3.63) is 36.0 Å². The third-order valence-corrected chi connectivity index (χ3v) is 10.5. The molecule has 2 bridgehead atoms. The van der Waals surface area contributed by atoms with Gasteiger partial charge in [-0.15, -0.1) is 0 Å². The van der Waals surface area contributed by atoms with E-state index in [1.807, 2.05) is 12.1 Å². The minimum Gasteiger partial charge on any atom is -0.361 e. The summed E-state index contributed by atoms with van der Waals surface area (Å²) in [7, 11) is -3.44. The lowest BCUT2D eigenvalue weighted by Crippen LogP contribution is -2.48. The molecule has 0 radical (unpaired) electrons. The number of hydrogen-bond acceptors (Lipinski definition) is 3. The SMILES string of the molecule is CC1(C)C2CCC1(CS(=O)(=O)N1CCC(c3c[nH]c4ccccc34)CC1)C(=O)C2. The standard InChI is InChI=1S/C23H30N2O3S/c1-22(2)17-7-10-23(22,21(26)13-17)15-29(27,28)25-11-8-16(9-12-25)19-14-24-20-6-4-3-5-18(19)20/h3-6,14,16-17,24H,7-13,15H2,1-2H3. The van der Waals surface area contributed by atoms with E-state index in [4.69, 9.17) is 0 Å². The van der Waals surface area contributed by atoms with E-state index in [-0.39, 0.29) is 17.0 Å².